The normalized spacial score (nSPS) is 12.5. The van der Waals surface area contributed by atoms with E-state index in [0.717, 1.165) is 28.6 Å². The van der Waals surface area contributed by atoms with E-state index in [1.807, 2.05) is 36.4 Å². The number of nitrogens with one attached hydrogen (secondary N) is 2. The fourth-order valence-corrected chi connectivity index (χ4v) is 4.23. The summed E-state index contributed by atoms with van der Waals surface area (Å²) in [6.45, 7) is 3.53. The summed E-state index contributed by atoms with van der Waals surface area (Å²) in [5.41, 5.74) is 3.77. The van der Waals surface area contributed by atoms with Gasteiger partial charge in [0, 0.05) is 17.9 Å². The number of hydrogen-bond donors (Lipinski definition) is 3. The van der Waals surface area contributed by atoms with Crippen LogP contribution in [0.4, 0.5) is 4.79 Å². The van der Waals surface area contributed by atoms with E-state index in [2.05, 4.69) is 27.8 Å². The van der Waals surface area contributed by atoms with Crippen molar-refractivity contribution >= 4 is 18.0 Å². The summed E-state index contributed by atoms with van der Waals surface area (Å²) in [5, 5.41) is 14.2. The number of ether oxygens (including phenoxy) is 1. The van der Waals surface area contributed by atoms with Crippen LogP contribution in [0.5, 0.6) is 0 Å². The second-order valence-corrected chi connectivity index (χ2v) is 9.03. The van der Waals surface area contributed by atoms with Crippen LogP contribution in [0.1, 0.15) is 60.0 Å². The first-order chi connectivity index (χ1) is 16.7. The third-order valence-corrected chi connectivity index (χ3v) is 6.01. The lowest BCUT2D eigenvalue weighted by Gasteiger charge is -2.25. The average Bonchev–Trinajstić information content (AvgIpc) is 3.43. The number of carboxylic acids is 1. The number of fused-ring (bicyclic) bond motifs is 3. The molecule has 2 aromatic carbocycles. The minimum absolute atomic E-state index is 0.0207. The Morgan fingerprint density at radius 3 is 2.31 bits per heavy atom. The van der Waals surface area contributed by atoms with Crippen molar-refractivity contribution in [3.63, 3.8) is 0 Å². The van der Waals surface area contributed by atoms with E-state index in [-0.39, 0.29) is 43.4 Å². The maximum absolute atomic E-state index is 12.6. The van der Waals surface area contributed by atoms with Gasteiger partial charge in [-0.05, 0) is 42.5 Å². The van der Waals surface area contributed by atoms with Crippen LogP contribution in [0.15, 0.2) is 59.3 Å². The van der Waals surface area contributed by atoms with Gasteiger partial charge in [0.25, 0.3) is 5.91 Å². The van der Waals surface area contributed by atoms with Crippen LogP contribution >= 0.6 is 0 Å². The predicted octanol–water partition coefficient (Wildman–Crippen LogP) is 4.09. The third-order valence-electron chi connectivity index (χ3n) is 6.01. The van der Waals surface area contributed by atoms with Crippen LogP contribution in [0.3, 0.4) is 0 Å². The van der Waals surface area contributed by atoms with Crippen molar-refractivity contribution in [2.75, 3.05) is 6.61 Å². The van der Waals surface area contributed by atoms with E-state index < -0.39 is 23.5 Å². The Kier molecular flexibility index (Phi) is 6.86. The summed E-state index contributed by atoms with van der Waals surface area (Å²) in [4.78, 5) is 39.8. The molecule has 3 N–H and O–H groups in total. The number of carbonyl (C=O) groups is 3. The molecule has 2 amide bonds. The summed E-state index contributed by atoms with van der Waals surface area (Å²) in [6.07, 6.45) is 0.645. The minimum atomic E-state index is -0.943. The van der Waals surface area contributed by atoms with Crippen LogP contribution in [0.25, 0.3) is 11.1 Å². The van der Waals surface area contributed by atoms with Crippen molar-refractivity contribution in [1.82, 2.24) is 15.6 Å². The number of aromatic nitrogens is 1. The molecule has 1 aliphatic rings. The van der Waals surface area contributed by atoms with E-state index >= 15 is 0 Å². The molecule has 0 aliphatic heterocycles. The number of rotatable bonds is 9. The van der Waals surface area contributed by atoms with Gasteiger partial charge >= 0.3 is 12.1 Å². The second-order valence-electron chi connectivity index (χ2n) is 9.03. The molecular weight excluding hydrogens is 450 g/mol. The molecule has 0 saturated carbocycles. The van der Waals surface area contributed by atoms with Crippen LogP contribution in [0.2, 0.25) is 0 Å². The maximum Gasteiger partial charge on any atom is 0.407 e. The number of aliphatic carboxylic acids is 1. The summed E-state index contributed by atoms with van der Waals surface area (Å²) in [6, 6.07) is 16.1. The summed E-state index contributed by atoms with van der Waals surface area (Å²) in [7, 11) is 0. The second kappa shape index (κ2) is 10.0. The molecule has 3 aromatic rings. The molecule has 0 saturated heterocycles. The molecular formula is C26H27N3O6. The van der Waals surface area contributed by atoms with Gasteiger partial charge in [-0.2, -0.15) is 0 Å². The predicted molar refractivity (Wildman–Crippen MR) is 127 cm³/mol. The van der Waals surface area contributed by atoms with Crippen molar-refractivity contribution < 1.29 is 28.6 Å². The Morgan fingerprint density at radius 1 is 1.06 bits per heavy atom. The molecule has 182 valence electrons. The quantitative estimate of drug-likeness (QED) is 0.423. The molecule has 0 bridgehead atoms. The zero-order valence-electron chi connectivity index (χ0n) is 19.5. The fourth-order valence-electron chi connectivity index (χ4n) is 4.23. The van der Waals surface area contributed by atoms with Gasteiger partial charge in [-0.15, -0.1) is 0 Å². The van der Waals surface area contributed by atoms with Gasteiger partial charge in [0.1, 0.15) is 6.61 Å². The molecule has 9 nitrogen and oxygen atoms in total. The van der Waals surface area contributed by atoms with Gasteiger partial charge in [0.2, 0.25) is 0 Å². The summed E-state index contributed by atoms with van der Waals surface area (Å²) < 4.78 is 10.8. The SMILES string of the molecule is CC(C)(CCC(=O)O)NC(=O)c1ncoc1CNC(=O)OCC1c2ccccc2-c2ccccc21. The van der Waals surface area contributed by atoms with E-state index in [0.29, 0.717) is 0 Å². The Morgan fingerprint density at radius 2 is 1.69 bits per heavy atom. The molecule has 0 spiro atoms. The van der Waals surface area contributed by atoms with E-state index in [4.69, 9.17) is 14.3 Å². The maximum atomic E-state index is 12.6. The topological polar surface area (TPSA) is 131 Å². The number of carbonyl (C=O) groups excluding carboxylic acids is 2. The van der Waals surface area contributed by atoms with Crippen molar-refractivity contribution in [2.24, 2.45) is 0 Å². The van der Waals surface area contributed by atoms with Gasteiger partial charge in [-0.1, -0.05) is 48.5 Å². The fraction of sp³-hybridized carbons (Fsp3) is 0.308. The molecule has 0 atom stereocenters. The highest BCUT2D eigenvalue weighted by Gasteiger charge is 2.29. The Bertz CT molecular complexity index is 1200. The number of nitrogens with zero attached hydrogens (tertiary/aromatic N) is 1. The Labute approximate surface area is 202 Å². The highest BCUT2D eigenvalue weighted by Crippen LogP contribution is 2.44. The standard InChI is InChI=1S/C26H27N3O6/c1-26(2,12-11-22(30)31)29-24(32)23-21(35-15-28-23)13-27-25(33)34-14-20-18-9-5-3-7-16(18)17-8-4-6-10-19(17)20/h3-10,15,20H,11-14H2,1-2H3,(H,27,33)(H,29,32)(H,30,31). The van der Waals surface area contributed by atoms with Gasteiger partial charge in [0.15, 0.2) is 17.8 Å². The van der Waals surface area contributed by atoms with Gasteiger partial charge in [-0.3, -0.25) is 9.59 Å². The number of amides is 2. The number of oxazole rings is 1. The lowest BCUT2D eigenvalue weighted by molar-refractivity contribution is -0.137. The summed E-state index contributed by atoms with van der Waals surface area (Å²) in [5.74, 6) is -1.35. The first-order valence-corrected chi connectivity index (χ1v) is 11.3. The summed E-state index contributed by atoms with van der Waals surface area (Å²) >= 11 is 0. The minimum Gasteiger partial charge on any atom is -0.481 e. The molecule has 0 fully saturated rings. The lowest BCUT2D eigenvalue weighted by atomic mass is 9.98. The van der Waals surface area contributed by atoms with Crippen LogP contribution in [-0.4, -0.2) is 40.2 Å². The van der Waals surface area contributed by atoms with Gasteiger partial charge in [-0.25, -0.2) is 9.78 Å². The zero-order valence-corrected chi connectivity index (χ0v) is 19.5. The van der Waals surface area contributed by atoms with Crippen molar-refractivity contribution in [2.45, 2.75) is 44.7 Å². The number of alkyl carbamates (subject to hydrolysis) is 1. The third kappa shape index (κ3) is 5.51. The first-order valence-electron chi connectivity index (χ1n) is 11.3. The monoisotopic (exact) mass is 477 g/mol. The number of carboxylic acid groups (broad SMARTS) is 1. The molecule has 0 unspecified atom stereocenters. The molecule has 1 heterocycles. The highest BCUT2D eigenvalue weighted by molar-refractivity contribution is 5.93. The van der Waals surface area contributed by atoms with Crippen LogP contribution in [-0.2, 0) is 16.1 Å². The number of benzene rings is 2. The van der Waals surface area contributed by atoms with E-state index in [1.54, 1.807) is 13.8 Å². The van der Waals surface area contributed by atoms with E-state index in [9.17, 15) is 14.4 Å². The molecule has 9 heteroatoms. The molecule has 4 rings (SSSR count). The molecule has 1 aromatic heterocycles. The van der Waals surface area contributed by atoms with Crippen LogP contribution < -0.4 is 10.6 Å². The Hall–Kier alpha value is -4.14. The van der Waals surface area contributed by atoms with Crippen molar-refractivity contribution in [3.8, 4) is 11.1 Å². The smallest absolute Gasteiger partial charge is 0.407 e. The lowest BCUT2D eigenvalue weighted by Crippen LogP contribution is -2.44. The molecule has 35 heavy (non-hydrogen) atoms. The Balaban J connectivity index is 1.33. The largest absolute Gasteiger partial charge is 0.481 e. The van der Waals surface area contributed by atoms with E-state index in [1.165, 1.54) is 0 Å². The molecule has 1 aliphatic carbocycles. The average molecular weight is 478 g/mol. The van der Waals surface area contributed by atoms with Gasteiger partial charge < -0.3 is 24.9 Å². The van der Waals surface area contributed by atoms with Crippen molar-refractivity contribution in [1.29, 1.82) is 0 Å². The van der Waals surface area contributed by atoms with Crippen LogP contribution in [0, 0.1) is 0 Å². The number of hydrogen-bond acceptors (Lipinski definition) is 6. The highest BCUT2D eigenvalue weighted by atomic mass is 16.5. The first kappa shape index (κ1) is 24.0. The zero-order chi connectivity index (χ0) is 25.0. The van der Waals surface area contributed by atoms with Gasteiger partial charge in [0.05, 0.1) is 6.54 Å². The van der Waals surface area contributed by atoms with Crippen molar-refractivity contribution in [3.05, 3.63) is 77.5 Å². The molecule has 0 radical (unpaired) electrons.